The summed E-state index contributed by atoms with van der Waals surface area (Å²) >= 11 is 13.6. The zero-order chi connectivity index (χ0) is 16.3. The van der Waals surface area contributed by atoms with Crippen LogP contribution in [0.2, 0.25) is 10.0 Å². The molecule has 0 spiro atoms. The van der Waals surface area contributed by atoms with Gasteiger partial charge in [0.05, 0.1) is 10.3 Å². The van der Waals surface area contributed by atoms with E-state index < -0.39 is 0 Å². The minimum Gasteiger partial charge on any atom is -0.342 e. The Morgan fingerprint density at radius 1 is 1.30 bits per heavy atom. The molecule has 23 heavy (non-hydrogen) atoms. The molecule has 1 aliphatic rings. The minimum atomic E-state index is -0.178. The van der Waals surface area contributed by atoms with E-state index in [0.29, 0.717) is 16.0 Å². The Morgan fingerprint density at radius 3 is 2.48 bits per heavy atom. The van der Waals surface area contributed by atoms with E-state index in [1.165, 1.54) is 11.8 Å². The quantitative estimate of drug-likeness (QED) is 0.762. The van der Waals surface area contributed by atoms with Crippen molar-refractivity contribution in [3.63, 3.8) is 0 Å². The van der Waals surface area contributed by atoms with Crippen LogP contribution in [0, 0.1) is 5.92 Å². The van der Waals surface area contributed by atoms with Gasteiger partial charge in [-0.15, -0.1) is 24.2 Å². The van der Waals surface area contributed by atoms with E-state index in [2.05, 4.69) is 0 Å². The van der Waals surface area contributed by atoms with E-state index in [1.807, 2.05) is 18.7 Å². The molecule has 1 fully saturated rings. The van der Waals surface area contributed by atoms with Crippen molar-refractivity contribution in [3.05, 3.63) is 28.2 Å². The highest BCUT2D eigenvalue weighted by atomic mass is 35.5. The number of amides is 1. The molecule has 2 rings (SSSR count). The number of nitrogens with two attached hydrogens (primary N) is 1. The number of piperidine rings is 1. The predicted molar refractivity (Wildman–Crippen MR) is 102 cm³/mol. The van der Waals surface area contributed by atoms with Crippen molar-refractivity contribution >= 4 is 53.3 Å². The van der Waals surface area contributed by atoms with Gasteiger partial charge in [0.15, 0.2) is 0 Å². The summed E-state index contributed by atoms with van der Waals surface area (Å²) in [5.74, 6) is 0.679. The monoisotopic (exact) mass is 396 g/mol. The molecular weight excluding hydrogens is 375 g/mol. The first-order chi connectivity index (χ1) is 10.4. The van der Waals surface area contributed by atoms with Gasteiger partial charge in [0.1, 0.15) is 0 Å². The van der Waals surface area contributed by atoms with Crippen LogP contribution in [0.25, 0.3) is 0 Å². The number of nitrogens with zero attached hydrogens (tertiary/aromatic N) is 1. The van der Waals surface area contributed by atoms with E-state index in [0.717, 1.165) is 30.8 Å². The molecule has 1 saturated heterocycles. The van der Waals surface area contributed by atoms with Gasteiger partial charge in [-0.1, -0.05) is 23.2 Å². The lowest BCUT2D eigenvalue weighted by Crippen LogP contribution is -2.45. The third-order valence-electron chi connectivity index (χ3n) is 4.14. The summed E-state index contributed by atoms with van der Waals surface area (Å²) < 4.78 is 0. The van der Waals surface area contributed by atoms with Crippen molar-refractivity contribution in [2.45, 2.75) is 42.9 Å². The normalized spacial score (nSPS) is 18.2. The van der Waals surface area contributed by atoms with Crippen LogP contribution in [0.1, 0.15) is 26.7 Å². The van der Waals surface area contributed by atoms with Gasteiger partial charge in [-0.25, -0.2) is 0 Å². The van der Waals surface area contributed by atoms with Gasteiger partial charge < -0.3 is 10.6 Å². The molecule has 3 nitrogen and oxygen atoms in total. The Hall–Kier alpha value is -0.130. The van der Waals surface area contributed by atoms with Crippen LogP contribution in [0.15, 0.2) is 23.1 Å². The van der Waals surface area contributed by atoms with Crippen molar-refractivity contribution in [3.8, 4) is 0 Å². The molecule has 130 valence electrons. The summed E-state index contributed by atoms with van der Waals surface area (Å²) in [5, 5.41) is 1.08. The first-order valence-electron chi connectivity index (χ1n) is 7.54. The van der Waals surface area contributed by atoms with Crippen molar-refractivity contribution in [2.75, 3.05) is 13.1 Å². The van der Waals surface area contributed by atoms with Gasteiger partial charge in [-0.3, -0.25) is 4.79 Å². The van der Waals surface area contributed by atoms with Crippen LogP contribution in [-0.2, 0) is 4.79 Å². The number of hydrogen-bond donors (Lipinski definition) is 1. The van der Waals surface area contributed by atoms with E-state index in [9.17, 15) is 4.79 Å². The third kappa shape index (κ3) is 5.71. The number of benzene rings is 1. The highest BCUT2D eigenvalue weighted by Gasteiger charge is 2.28. The lowest BCUT2D eigenvalue weighted by Gasteiger charge is -2.35. The fourth-order valence-corrected chi connectivity index (χ4v) is 4.21. The number of hydrogen-bond acceptors (Lipinski definition) is 3. The summed E-state index contributed by atoms with van der Waals surface area (Å²) in [6.45, 7) is 5.54. The smallest absolute Gasteiger partial charge is 0.235 e. The molecule has 0 radical (unpaired) electrons. The topological polar surface area (TPSA) is 46.3 Å². The van der Waals surface area contributed by atoms with Crippen LogP contribution >= 0.6 is 47.4 Å². The van der Waals surface area contributed by atoms with Crippen LogP contribution in [0.4, 0.5) is 0 Å². The molecule has 1 aliphatic heterocycles. The van der Waals surface area contributed by atoms with Crippen LogP contribution in [-0.4, -0.2) is 35.2 Å². The average molecular weight is 398 g/mol. The summed E-state index contributed by atoms with van der Waals surface area (Å²) in [7, 11) is 0. The number of carbonyl (C=O) groups excluding carboxylic acids is 1. The molecule has 0 saturated carbocycles. The fourth-order valence-electron chi connectivity index (χ4n) is 2.71. The SMILES string of the molecule is CC(Sc1cc(Cl)ccc1Cl)C(=O)N1CCC(C(C)N)CC1.Cl. The predicted octanol–water partition coefficient (Wildman–Crippen LogP) is 4.48. The fraction of sp³-hybridized carbons (Fsp3) is 0.562. The second-order valence-electron chi connectivity index (χ2n) is 5.86. The van der Waals surface area contributed by atoms with Gasteiger partial charge >= 0.3 is 0 Å². The van der Waals surface area contributed by atoms with Gasteiger partial charge in [0, 0.05) is 29.0 Å². The molecule has 0 aromatic heterocycles. The number of carbonyl (C=O) groups is 1. The maximum atomic E-state index is 12.6. The minimum absolute atomic E-state index is 0. The lowest BCUT2D eigenvalue weighted by molar-refractivity contribution is -0.131. The molecule has 0 bridgehead atoms. The zero-order valence-electron chi connectivity index (χ0n) is 13.3. The first-order valence-corrected chi connectivity index (χ1v) is 9.18. The van der Waals surface area contributed by atoms with Crippen molar-refractivity contribution in [2.24, 2.45) is 11.7 Å². The van der Waals surface area contributed by atoms with Gasteiger partial charge in [-0.2, -0.15) is 0 Å². The summed E-state index contributed by atoms with van der Waals surface area (Å²) in [4.78, 5) is 15.4. The molecular formula is C16H23Cl3N2OS. The Bertz CT molecular complexity index is 534. The number of likely N-dealkylation sites (tertiary alicyclic amines) is 1. The molecule has 0 aliphatic carbocycles. The van der Waals surface area contributed by atoms with Crippen LogP contribution in [0.5, 0.6) is 0 Å². The standard InChI is InChI=1S/C16H22Cl2N2OS.ClH/c1-10(19)12-5-7-20(8-6-12)16(21)11(2)22-15-9-13(17)3-4-14(15)18;/h3-4,9-12H,5-8,19H2,1-2H3;1H. The van der Waals surface area contributed by atoms with E-state index >= 15 is 0 Å². The Morgan fingerprint density at radius 2 is 1.91 bits per heavy atom. The van der Waals surface area contributed by atoms with Crippen LogP contribution in [0.3, 0.4) is 0 Å². The number of thioether (sulfide) groups is 1. The van der Waals surface area contributed by atoms with Crippen LogP contribution < -0.4 is 5.73 Å². The summed E-state index contributed by atoms with van der Waals surface area (Å²) in [6, 6.07) is 5.52. The molecule has 1 aromatic rings. The summed E-state index contributed by atoms with van der Waals surface area (Å²) in [6.07, 6.45) is 1.97. The third-order valence-corrected chi connectivity index (χ3v) is 5.96. The molecule has 7 heteroatoms. The van der Waals surface area contributed by atoms with Crippen molar-refractivity contribution < 1.29 is 4.79 Å². The highest BCUT2D eigenvalue weighted by molar-refractivity contribution is 8.00. The second-order valence-corrected chi connectivity index (χ2v) is 8.08. The largest absolute Gasteiger partial charge is 0.342 e. The Balaban J connectivity index is 0.00000264. The maximum Gasteiger partial charge on any atom is 0.235 e. The second kappa shape index (κ2) is 9.38. The molecule has 1 aromatic carbocycles. The Kier molecular flexibility index (Phi) is 8.53. The Labute approximate surface area is 158 Å². The summed E-state index contributed by atoms with van der Waals surface area (Å²) in [5.41, 5.74) is 5.95. The van der Waals surface area contributed by atoms with E-state index in [1.54, 1.807) is 18.2 Å². The molecule has 1 amide bonds. The zero-order valence-corrected chi connectivity index (χ0v) is 16.4. The average Bonchev–Trinajstić information content (AvgIpc) is 2.50. The molecule has 2 N–H and O–H groups in total. The number of rotatable bonds is 4. The lowest BCUT2D eigenvalue weighted by atomic mass is 9.91. The highest BCUT2D eigenvalue weighted by Crippen LogP contribution is 2.33. The first kappa shape index (κ1) is 20.9. The van der Waals surface area contributed by atoms with E-state index in [-0.39, 0.29) is 29.6 Å². The molecule has 2 unspecified atom stereocenters. The maximum absolute atomic E-state index is 12.6. The van der Waals surface area contributed by atoms with Gasteiger partial charge in [-0.05, 0) is 50.8 Å². The van der Waals surface area contributed by atoms with Crippen molar-refractivity contribution in [1.82, 2.24) is 4.90 Å². The van der Waals surface area contributed by atoms with Gasteiger partial charge in [0.25, 0.3) is 0 Å². The number of halogens is 3. The van der Waals surface area contributed by atoms with Gasteiger partial charge in [0.2, 0.25) is 5.91 Å². The van der Waals surface area contributed by atoms with Crippen molar-refractivity contribution in [1.29, 1.82) is 0 Å². The van der Waals surface area contributed by atoms with E-state index in [4.69, 9.17) is 28.9 Å². The molecule has 1 heterocycles. The molecule has 2 atom stereocenters.